The summed E-state index contributed by atoms with van der Waals surface area (Å²) < 4.78 is 16.0. The van der Waals surface area contributed by atoms with E-state index < -0.39 is 18.2 Å². The van der Waals surface area contributed by atoms with Gasteiger partial charge in [0, 0.05) is 23.7 Å². The van der Waals surface area contributed by atoms with Gasteiger partial charge in [-0.3, -0.25) is 0 Å². The Morgan fingerprint density at radius 3 is 2.20 bits per heavy atom. The van der Waals surface area contributed by atoms with Crippen molar-refractivity contribution in [1.82, 2.24) is 10.2 Å². The normalized spacial score (nSPS) is 16.3. The van der Waals surface area contributed by atoms with Gasteiger partial charge in [0.25, 0.3) is 0 Å². The van der Waals surface area contributed by atoms with Crippen LogP contribution in [-0.4, -0.2) is 69.1 Å². The molecule has 1 aliphatic heterocycles. The number of piperidine rings is 1. The third-order valence-corrected chi connectivity index (χ3v) is 6.67. The average Bonchev–Trinajstić information content (AvgIpc) is 2.85. The minimum atomic E-state index is -0.701. The topological polar surface area (TPSA) is 92.3 Å². The number of aliphatic hydroxyl groups is 1. The van der Waals surface area contributed by atoms with Gasteiger partial charge in [0.1, 0.15) is 0 Å². The van der Waals surface area contributed by atoms with E-state index in [2.05, 4.69) is 27.7 Å². The number of nitrogens with one attached hydrogen (secondary N) is 2. The molecule has 1 aliphatic rings. The molecule has 0 aliphatic carbocycles. The molecular formula is C26H36ClN3O5. The third-order valence-electron chi connectivity index (χ3n) is 6.42. The number of anilines is 1. The minimum absolute atomic E-state index is 0.412. The Morgan fingerprint density at radius 2 is 1.69 bits per heavy atom. The highest BCUT2D eigenvalue weighted by atomic mass is 35.5. The van der Waals surface area contributed by atoms with Crippen molar-refractivity contribution < 1.29 is 24.1 Å². The van der Waals surface area contributed by atoms with Gasteiger partial charge < -0.3 is 34.9 Å². The van der Waals surface area contributed by atoms with Gasteiger partial charge in [-0.2, -0.15) is 0 Å². The summed E-state index contributed by atoms with van der Waals surface area (Å²) in [7, 11) is 4.56. The number of carbonyl (C=O) groups is 1. The molecule has 2 atom stereocenters. The fourth-order valence-electron chi connectivity index (χ4n) is 4.41. The molecule has 0 saturated carbocycles. The summed E-state index contributed by atoms with van der Waals surface area (Å²) in [5, 5.41) is 16.8. The van der Waals surface area contributed by atoms with Crippen molar-refractivity contribution in [2.75, 3.05) is 46.3 Å². The first-order valence-electron chi connectivity index (χ1n) is 11.8. The summed E-state index contributed by atoms with van der Waals surface area (Å²) in [6.07, 6.45) is 2.49. The van der Waals surface area contributed by atoms with Crippen LogP contribution in [0.15, 0.2) is 36.4 Å². The molecule has 9 heteroatoms. The fourth-order valence-corrected chi connectivity index (χ4v) is 4.54. The van der Waals surface area contributed by atoms with Crippen molar-refractivity contribution in [2.45, 2.75) is 38.3 Å². The van der Waals surface area contributed by atoms with Crippen molar-refractivity contribution in [3.8, 4) is 17.2 Å². The van der Waals surface area contributed by atoms with Crippen LogP contribution in [0, 0.1) is 5.92 Å². The molecule has 192 valence electrons. The summed E-state index contributed by atoms with van der Waals surface area (Å²) >= 11 is 5.99. The molecule has 2 aromatic rings. The second-order valence-corrected chi connectivity index (χ2v) is 9.37. The number of ether oxygens (including phenoxy) is 3. The number of likely N-dealkylation sites (tertiary alicyclic amines) is 1. The van der Waals surface area contributed by atoms with Crippen molar-refractivity contribution in [2.24, 2.45) is 5.92 Å². The number of carbonyl (C=O) groups excluding carboxylic acids is 1. The van der Waals surface area contributed by atoms with Gasteiger partial charge in [-0.15, -0.1) is 0 Å². The molecule has 1 unspecified atom stereocenters. The number of rotatable bonds is 10. The first-order valence-corrected chi connectivity index (χ1v) is 12.2. The first-order chi connectivity index (χ1) is 16.8. The van der Waals surface area contributed by atoms with Crippen LogP contribution >= 0.6 is 11.6 Å². The Hall–Kier alpha value is -2.68. The van der Waals surface area contributed by atoms with E-state index in [9.17, 15) is 9.90 Å². The molecule has 3 rings (SSSR count). The van der Waals surface area contributed by atoms with E-state index in [-0.39, 0.29) is 0 Å². The number of hydrogen-bond donors (Lipinski definition) is 3. The smallest absolute Gasteiger partial charge is 0.319 e. The SMILES string of the molecule is COc1cc(NC(=O)NC(CN2CCC(Cc3ccc(Cl)cc3)CC2)[C@H](C)O)cc(OC)c1OC. The molecule has 0 bridgehead atoms. The molecule has 1 heterocycles. The number of amides is 2. The largest absolute Gasteiger partial charge is 0.493 e. The van der Waals surface area contributed by atoms with Crippen molar-refractivity contribution >= 4 is 23.3 Å². The monoisotopic (exact) mass is 505 g/mol. The van der Waals surface area contributed by atoms with Crippen LogP contribution in [0.2, 0.25) is 5.02 Å². The molecular weight excluding hydrogens is 470 g/mol. The van der Waals surface area contributed by atoms with E-state index in [1.807, 2.05) is 12.1 Å². The molecule has 2 aromatic carbocycles. The second kappa shape index (κ2) is 12.9. The lowest BCUT2D eigenvalue weighted by molar-refractivity contribution is 0.102. The molecule has 35 heavy (non-hydrogen) atoms. The summed E-state index contributed by atoms with van der Waals surface area (Å²) in [6, 6.07) is 10.5. The zero-order chi connectivity index (χ0) is 25.4. The maximum Gasteiger partial charge on any atom is 0.319 e. The second-order valence-electron chi connectivity index (χ2n) is 8.93. The van der Waals surface area contributed by atoms with Crippen molar-refractivity contribution in [1.29, 1.82) is 0 Å². The lowest BCUT2D eigenvalue weighted by Crippen LogP contribution is -2.52. The van der Waals surface area contributed by atoms with Gasteiger partial charge in [-0.05, 0) is 62.9 Å². The third kappa shape index (κ3) is 7.65. The molecule has 0 radical (unpaired) electrons. The maximum atomic E-state index is 12.7. The summed E-state index contributed by atoms with van der Waals surface area (Å²) in [5.41, 5.74) is 1.80. The van der Waals surface area contributed by atoms with Crippen LogP contribution in [0.3, 0.4) is 0 Å². The van der Waals surface area contributed by atoms with E-state index in [4.69, 9.17) is 25.8 Å². The zero-order valence-corrected chi connectivity index (χ0v) is 21.6. The number of aliphatic hydroxyl groups excluding tert-OH is 1. The Bertz CT molecular complexity index is 937. The number of methoxy groups -OCH3 is 3. The number of benzene rings is 2. The van der Waals surface area contributed by atoms with Gasteiger partial charge >= 0.3 is 6.03 Å². The minimum Gasteiger partial charge on any atom is -0.493 e. The van der Waals surface area contributed by atoms with Crippen LogP contribution in [0.25, 0.3) is 0 Å². The standard InChI is InChI=1S/C26H36ClN3O5/c1-17(31)22(16-30-11-9-19(10-12-30)13-18-5-7-20(27)8-6-18)29-26(32)28-21-14-23(33-2)25(35-4)24(15-21)34-3/h5-8,14-15,17,19,22,31H,9-13,16H2,1-4H3,(H2,28,29,32)/t17-,22?/m0/s1. The van der Waals surface area contributed by atoms with E-state index in [1.54, 1.807) is 19.1 Å². The van der Waals surface area contributed by atoms with Crippen molar-refractivity contribution in [3.05, 3.63) is 47.0 Å². The molecule has 2 amide bonds. The molecule has 0 aromatic heterocycles. The molecule has 1 saturated heterocycles. The van der Waals surface area contributed by atoms with E-state index in [1.165, 1.54) is 26.9 Å². The van der Waals surface area contributed by atoms with E-state index in [0.717, 1.165) is 37.4 Å². The molecule has 8 nitrogen and oxygen atoms in total. The first kappa shape index (κ1) is 26.9. The predicted molar refractivity (Wildman–Crippen MR) is 138 cm³/mol. The maximum absolute atomic E-state index is 12.7. The molecule has 3 N–H and O–H groups in total. The summed E-state index contributed by atoms with van der Waals surface area (Å²) in [6.45, 7) is 4.13. The number of urea groups is 1. The zero-order valence-electron chi connectivity index (χ0n) is 20.8. The Labute approximate surface area is 212 Å². The number of nitrogens with zero attached hydrogens (tertiary/aromatic N) is 1. The average molecular weight is 506 g/mol. The molecule has 0 spiro atoms. The fraction of sp³-hybridized carbons (Fsp3) is 0.500. The Balaban J connectivity index is 1.53. The summed E-state index contributed by atoms with van der Waals surface area (Å²) in [5.74, 6) is 1.95. The van der Waals surface area contributed by atoms with Crippen LogP contribution in [0.4, 0.5) is 10.5 Å². The molecule has 1 fully saturated rings. The van der Waals surface area contributed by atoms with E-state index >= 15 is 0 Å². The highest BCUT2D eigenvalue weighted by Gasteiger charge is 2.25. The van der Waals surface area contributed by atoms with Gasteiger partial charge in [-0.1, -0.05) is 23.7 Å². The van der Waals surface area contributed by atoms with Gasteiger partial charge in [0.05, 0.1) is 39.2 Å². The van der Waals surface area contributed by atoms with Crippen LogP contribution < -0.4 is 24.8 Å². The van der Waals surface area contributed by atoms with Gasteiger partial charge in [-0.25, -0.2) is 4.79 Å². The van der Waals surface area contributed by atoms with Crippen LogP contribution in [0.5, 0.6) is 17.2 Å². The predicted octanol–water partition coefficient (Wildman–Crippen LogP) is 4.19. The van der Waals surface area contributed by atoms with Gasteiger partial charge in [0.2, 0.25) is 5.75 Å². The van der Waals surface area contributed by atoms with Crippen LogP contribution in [-0.2, 0) is 6.42 Å². The van der Waals surface area contributed by atoms with Crippen LogP contribution in [0.1, 0.15) is 25.3 Å². The van der Waals surface area contributed by atoms with Gasteiger partial charge in [0.15, 0.2) is 11.5 Å². The lowest BCUT2D eigenvalue weighted by Gasteiger charge is -2.35. The number of halogens is 1. The summed E-state index contributed by atoms with van der Waals surface area (Å²) in [4.78, 5) is 15.0. The Kier molecular flexibility index (Phi) is 9.89. The Morgan fingerprint density at radius 1 is 1.09 bits per heavy atom. The number of hydrogen-bond acceptors (Lipinski definition) is 6. The quantitative estimate of drug-likeness (QED) is 0.448. The lowest BCUT2D eigenvalue weighted by atomic mass is 9.90. The highest BCUT2D eigenvalue weighted by molar-refractivity contribution is 6.30. The van der Waals surface area contributed by atoms with E-state index in [0.29, 0.717) is 35.4 Å². The highest BCUT2D eigenvalue weighted by Crippen LogP contribution is 2.39. The van der Waals surface area contributed by atoms with Crippen molar-refractivity contribution in [3.63, 3.8) is 0 Å².